The molecule has 3 unspecified atom stereocenters. The first-order valence-corrected chi connectivity index (χ1v) is 8.70. The Morgan fingerprint density at radius 3 is 2.44 bits per heavy atom. The van der Waals surface area contributed by atoms with Crippen molar-refractivity contribution in [3.05, 3.63) is 23.8 Å². The third-order valence-corrected chi connectivity index (χ3v) is 4.47. The summed E-state index contributed by atoms with van der Waals surface area (Å²) in [5.41, 5.74) is 0.921. The Hall–Kier alpha value is -1.01. The smallest absolute Gasteiger partial charge is 0.124 e. The number of rotatable bonds is 8. The summed E-state index contributed by atoms with van der Waals surface area (Å²) in [6.45, 7) is 8.06. The number of nitrogens with zero attached hydrogens (tertiary/aromatic N) is 1. The standard InChI is InChI=1S/C19H31NO4.ClH/c1-14-7-15(2)10-20(9-14)11-17(21)13-24-12-16-8-18(22-3)5-6-19(16)23-4;/h5-6,8,14-15,17,21H,7,9-13H2,1-4H3;1H. The molecule has 5 nitrogen and oxygen atoms in total. The van der Waals surface area contributed by atoms with E-state index in [-0.39, 0.29) is 12.4 Å². The van der Waals surface area contributed by atoms with Crippen molar-refractivity contribution in [1.82, 2.24) is 4.90 Å². The van der Waals surface area contributed by atoms with Gasteiger partial charge >= 0.3 is 0 Å². The van der Waals surface area contributed by atoms with Crippen LogP contribution >= 0.6 is 12.4 Å². The van der Waals surface area contributed by atoms with E-state index in [0.29, 0.717) is 31.6 Å². The predicted octanol–water partition coefficient (Wildman–Crippen LogP) is 2.98. The SMILES string of the molecule is COc1ccc(OC)c(COCC(O)CN2CC(C)CC(C)C2)c1.Cl. The fraction of sp³-hybridized carbons (Fsp3) is 0.684. The topological polar surface area (TPSA) is 51.2 Å². The third-order valence-electron chi connectivity index (χ3n) is 4.47. The molecule has 25 heavy (non-hydrogen) atoms. The van der Waals surface area contributed by atoms with Crippen LogP contribution in [0.15, 0.2) is 18.2 Å². The molecule has 1 aromatic carbocycles. The number of hydrogen-bond donors (Lipinski definition) is 1. The van der Waals surface area contributed by atoms with Crippen LogP contribution in [0.4, 0.5) is 0 Å². The summed E-state index contributed by atoms with van der Waals surface area (Å²) in [5, 5.41) is 10.3. The van der Waals surface area contributed by atoms with E-state index in [9.17, 15) is 5.11 Å². The Labute approximate surface area is 157 Å². The van der Waals surface area contributed by atoms with E-state index in [4.69, 9.17) is 14.2 Å². The second-order valence-electron chi connectivity index (χ2n) is 7.01. The van der Waals surface area contributed by atoms with E-state index >= 15 is 0 Å². The first kappa shape index (κ1) is 22.0. The molecule has 1 fully saturated rings. The normalized spacial score (nSPS) is 22.1. The molecule has 1 aliphatic rings. The minimum Gasteiger partial charge on any atom is -0.497 e. The largest absolute Gasteiger partial charge is 0.497 e. The predicted molar refractivity (Wildman–Crippen MR) is 102 cm³/mol. The van der Waals surface area contributed by atoms with E-state index < -0.39 is 6.10 Å². The highest BCUT2D eigenvalue weighted by molar-refractivity contribution is 5.85. The monoisotopic (exact) mass is 373 g/mol. The number of benzene rings is 1. The van der Waals surface area contributed by atoms with Crippen molar-refractivity contribution < 1.29 is 19.3 Å². The maximum absolute atomic E-state index is 10.3. The third kappa shape index (κ3) is 7.02. The average molecular weight is 374 g/mol. The van der Waals surface area contributed by atoms with Crippen LogP contribution in [0.3, 0.4) is 0 Å². The van der Waals surface area contributed by atoms with Gasteiger partial charge in [-0.25, -0.2) is 0 Å². The van der Waals surface area contributed by atoms with Gasteiger partial charge in [0.2, 0.25) is 0 Å². The number of hydrogen-bond acceptors (Lipinski definition) is 5. The maximum Gasteiger partial charge on any atom is 0.124 e. The number of aliphatic hydroxyl groups excluding tert-OH is 1. The first-order chi connectivity index (χ1) is 11.5. The van der Waals surface area contributed by atoms with Crippen molar-refractivity contribution in [2.75, 3.05) is 40.5 Å². The van der Waals surface area contributed by atoms with Gasteiger partial charge in [-0.3, -0.25) is 0 Å². The van der Waals surface area contributed by atoms with Gasteiger partial charge in [-0.1, -0.05) is 13.8 Å². The lowest BCUT2D eigenvalue weighted by Crippen LogP contribution is -2.43. The number of methoxy groups -OCH3 is 2. The number of piperidine rings is 1. The Balaban J connectivity index is 0.00000312. The number of aliphatic hydroxyl groups is 1. The molecule has 0 spiro atoms. The Bertz CT molecular complexity index is 504. The van der Waals surface area contributed by atoms with E-state index in [2.05, 4.69) is 18.7 Å². The number of halogens is 1. The summed E-state index contributed by atoms with van der Waals surface area (Å²) < 4.78 is 16.3. The molecule has 0 saturated carbocycles. The van der Waals surface area contributed by atoms with Gasteiger partial charge in [0, 0.05) is 25.2 Å². The maximum atomic E-state index is 10.3. The van der Waals surface area contributed by atoms with Gasteiger partial charge < -0.3 is 24.2 Å². The minimum atomic E-state index is -0.473. The molecule has 144 valence electrons. The molecular formula is C19H32ClNO4. The minimum absolute atomic E-state index is 0. The van der Waals surface area contributed by atoms with E-state index in [0.717, 1.165) is 30.2 Å². The summed E-state index contributed by atoms with van der Waals surface area (Å²) in [7, 11) is 3.27. The van der Waals surface area contributed by atoms with Gasteiger partial charge in [-0.15, -0.1) is 12.4 Å². The van der Waals surface area contributed by atoms with Gasteiger partial charge in [0.25, 0.3) is 0 Å². The Morgan fingerprint density at radius 1 is 1.16 bits per heavy atom. The highest BCUT2D eigenvalue weighted by Gasteiger charge is 2.23. The molecule has 0 radical (unpaired) electrons. The molecule has 6 heteroatoms. The highest BCUT2D eigenvalue weighted by Crippen LogP contribution is 2.25. The van der Waals surface area contributed by atoms with Crippen LogP contribution in [0.1, 0.15) is 25.8 Å². The summed E-state index contributed by atoms with van der Waals surface area (Å²) in [6, 6.07) is 5.62. The van der Waals surface area contributed by atoms with Crippen LogP contribution in [0.2, 0.25) is 0 Å². The van der Waals surface area contributed by atoms with Gasteiger partial charge in [-0.2, -0.15) is 0 Å². The van der Waals surface area contributed by atoms with E-state index in [1.54, 1.807) is 14.2 Å². The van der Waals surface area contributed by atoms with E-state index in [1.165, 1.54) is 6.42 Å². The second kappa shape index (κ2) is 10.9. The molecule has 3 atom stereocenters. The first-order valence-electron chi connectivity index (χ1n) is 8.70. The van der Waals surface area contributed by atoms with Crippen molar-refractivity contribution in [2.24, 2.45) is 11.8 Å². The molecule has 1 N–H and O–H groups in total. The molecule has 0 aromatic heterocycles. The van der Waals surface area contributed by atoms with Crippen LogP contribution in [0, 0.1) is 11.8 Å². The fourth-order valence-corrected chi connectivity index (χ4v) is 3.59. The van der Waals surface area contributed by atoms with Crippen molar-refractivity contribution in [3.8, 4) is 11.5 Å². The summed E-state index contributed by atoms with van der Waals surface area (Å²) in [4.78, 5) is 2.35. The fourth-order valence-electron chi connectivity index (χ4n) is 3.59. The molecular weight excluding hydrogens is 342 g/mol. The lowest BCUT2D eigenvalue weighted by atomic mass is 9.92. The molecule has 0 amide bonds. The molecule has 1 aliphatic heterocycles. The van der Waals surface area contributed by atoms with Crippen LogP contribution < -0.4 is 9.47 Å². The van der Waals surface area contributed by atoms with Crippen LogP contribution in [0.5, 0.6) is 11.5 Å². The number of ether oxygens (including phenoxy) is 3. The Morgan fingerprint density at radius 2 is 1.84 bits per heavy atom. The van der Waals surface area contributed by atoms with Gasteiger partial charge in [0.05, 0.1) is 33.5 Å². The molecule has 1 saturated heterocycles. The highest BCUT2D eigenvalue weighted by atomic mass is 35.5. The zero-order chi connectivity index (χ0) is 17.5. The summed E-state index contributed by atoms with van der Waals surface area (Å²) >= 11 is 0. The van der Waals surface area contributed by atoms with Gasteiger partial charge in [-0.05, 0) is 36.5 Å². The van der Waals surface area contributed by atoms with Crippen LogP contribution in [-0.4, -0.2) is 56.6 Å². The van der Waals surface area contributed by atoms with Crippen molar-refractivity contribution >= 4 is 12.4 Å². The van der Waals surface area contributed by atoms with Crippen LogP contribution in [-0.2, 0) is 11.3 Å². The molecule has 2 rings (SSSR count). The zero-order valence-electron chi connectivity index (χ0n) is 15.7. The average Bonchev–Trinajstić information content (AvgIpc) is 2.53. The van der Waals surface area contributed by atoms with Gasteiger partial charge in [0.15, 0.2) is 0 Å². The Kier molecular flexibility index (Phi) is 9.57. The number of β-amino-alcohol motifs (C(OH)–C–C–N with tert-alkyl or cyclic N) is 1. The number of likely N-dealkylation sites (tertiary alicyclic amines) is 1. The lowest BCUT2D eigenvalue weighted by Gasteiger charge is -2.35. The molecule has 1 aromatic rings. The van der Waals surface area contributed by atoms with Gasteiger partial charge in [0.1, 0.15) is 11.5 Å². The molecule has 0 aliphatic carbocycles. The summed E-state index contributed by atoms with van der Waals surface area (Å²) in [5.74, 6) is 2.93. The van der Waals surface area contributed by atoms with Crippen LogP contribution in [0.25, 0.3) is 0 Å². The molecule has 1 heterocycles. The second-order valence-corrected chi connectivity index (χ2v) is 7.01. The van der Waals surface area contributed by atoms with Crippen molar-refractivity contribution in [2.45, 2.75) is 33.0 Å². The molecule has 0 bridgehead atoms. The lowest BCUT2D eigenvalue weighted by molar-refractivity contribution is -0.00131. The zero-order valence-corrected chi connectivity index (χ0v) is 16.6. The van der Waals surface area contributed by atoms with Crippen molar-refractivity contribution in [1.29, 1.82) is 0 Å². The van der Waals surface area contributed by atoms with Crippen molar-refractivity contribution in [3.63, 3.8) is 0 Å². The quantitative estimate of drug-likeness (QED) is 0.759. The van der Waals surface area contributed by atoms with E-state index in [1.807, 2.05) is 18.2 Å². The summed E-state index contributed by atoms with van der Waals surface area (Å²) in [6.07, 6.45) is 0.803.